The summed E-state index contributed by atoms with van der Waals surface area (Å²) in [5.74, 6) is -0.563. The van der Waals surface area contributed by atoms with E-state index >= 15 is 0 Å². The number of alkyl halides is 3. The normalized spacial score (nSPS) is 20.8. The lowest BCUT2D eigenvalue weighted by Crippen LogP contribution is -2.49. The van der Waals surface area contributed by atoms with Crippen molar-refractivity contribution in [2.24, 2.45) is 0 Å². The summed E-state index contributed by atoms with van der Waals surface area (Å²) in [5, 5.41) is 8.90. The molecule has 5 nitrogen and oxygen atoms in total. The molecule has 2 aliphatic rings. The zero-order valence-electron chi connectivity index (χ0n) is 14.4. The van der Waals surface area contributed by atoms with Crippen molar-refractivity contribution in [2.45, 2.75) is 57.3 Å². The minimum absolute atomic E-state index is 0.0908. The maximum absolute atomic E-state index is 13.2. The van der Waals surface area contributed by atoms with E-state index in [4.69, 9.17) is 5.26 Å². The first-order chi connectivity index (χ1) is 12.1. The first-order valence-corrected chi connectivity index (χ1v) is 8.38. The number of imide groups is 1. The fourth-order valence-corrected chi connectivity index (χ4v) is 3.82. The number of halogens is 3. The van der Waals surface area contributed by atoms with Gasteiger partial charge in [0.15, 0.2) is 0 Å². The lowest BCUT2D eigenvalue weighted by Gasteiger charge is -2.33. The third kappa shape index (κ3) is 2.71. The lowest BCUT2D eigenvalue weighted by atomic mass is 10.0. The molecule has 1 saturated heterocycles. The number of benzene rings is 1. The van der Waals surface area contributed by atoms with E-state index in [1.165, 1.54) is 17.0 Å². The highest BCUT2D eigenvalue weighted by Crippen LogP contribution is 2.40. The van der Waals surface area contributed by atoms with E-state index < -0.39 is 34.8 Å². The van der Waals surface area contributed by atoms with Crippen molar-refractivity contribution in [1.29, 1.82) is 5.26 Å². The van der Waals surface area contributed by atoms with Crippen LogP contribution in [0.3, 0.4) is 0 Å². The summed E-state index contributed by atoms with van der Waals surface area (Å²) in [6.45, 7) is 3.22. The maximum atomic E-state index is 13.2. The SMILES string of the molecule is CC1(C)C(=O)N(c2ccc(C#N)c(C(F)(F)F)c2)C(=O)N1C1CCCC1. The van der Waals surface area contributed by atoms with Gasteiger partial charge in [0.2, 0.25) is 0 Å². The minimum Gasteiger partial charge on any atom is -0.307 e. The third-order valence-corrected chi connectivity index (χ3v) is 5.10. The van der Waals surface area contributed by atoms with Crippen LogP contribution in [0.15, 0.2) is 18.2 Å². The van der Waals surface area contributed by atoms with Gasteiger partial charge in [-0.15, -0.1) is 0 Å². The molecule has 2 fully saturated rings. The predicted molar refractivity (Wildman–Crippen MR) is 87.2 cm³/mol. The van der Waals surface area contributed by atoms with Gasteiger partial charge < -0.3 is 4.90 Å². The highest BCUT2D eigenvalue weighted by Gasteiger charge is 2.54. The maximum Gasteiger partial charge on any atom is 0.417 e. The van der Waals surface area contributed by atoms with Gasteiger partial charge in [-0.25, -0.2) is 9.69 Å². The smallest absolute Gasteiger partial charge is 0.307 e. The number of nitriles is 1. The number of carbonyl (C=O) groups excluding carboxylic acids is 2. The molecule has 1 saturated carbocycles. The van der Waals surface area contributed by atoms with E-state index in [1.54, 1.807) is 13.8 Å². The van der Waals surface area contributed by atoms with Gasteiger partial charge in [-0.1, -0.05) is 12.8 Å². The molecule has 0 aromatic heterocycles. The van der Waals surface area contributed by atoms with Crippen LogP contribution in [0.5, 0.6) is 0 Å². The number of hydrogen-bond donors (Lipinski definition) is 0. The molecule has 0 N–H and O–H groups in total. The molecule has 0 radical (unpaired) electrons. The number of urea groups is 1. The van der Waals surface area contributed by atoms with Crippen LogP contribution < -0.4 is 4.90 Å². The van der Waals surface area contributed by atoms with Crippen molar-refractivity contribution in [3.63, 3.8) is 0 Å². The summed E-state index contributed by atoms with van der Waals surface area (Å²) in [6.07, 6.45) is -1.30. The first kappa shape index (κ1) is 18.2. The summed E-state index contributed by atoms with van der Waals surface area (Å²) < 4.78 is 39.7. The van der Waals surface area contributed by atoms with Crippen LogP contribution in [-0.2, 0) is 11.0 Å². The summed E-state index contributed by atoms with van der Waals surface area (Å²) in [6, 6.07) is 3.69. The molecule has 1 aromatic rings. The Labute approximate surface area is 149 Å². The lowest BCUT2D eigenvalue weighted by molar-refractivity contribution is -0.137. The molecule has 0 spiro atoms. The van der Waals surface area contributed by atoms with Crippen molar-refractivity contribution in [3.05, 3.63) is 29.3 Å². The Bertz CT molecular complexity index is 805. The second-order valence-corrected chi connectivity index (χ2v) is 7.13. The topological polar surface area (TPSA) is 64.4 Å². The Kier molecular flexibility index (Phi) is 4.21. The third-order valence-electron chi connectivity index (χ3n) is 5.10. The first-order valence-electron chi connectivity index (χ1n) is 8.38. The fraction of sp³-hybridized carbons (Fsp3) is 0.500. The van der Waals surface area contributed by atoms with Crippen LogP contribution in [0.2, 0.25) is 0 Å². The van der Waals surface area contributed by atoms with Crippen molar-refractivity contribution in [2.75, 3.05) is 4.90 Å². The van der Waals surface area contributed by atoms with E-state index in [0.717, 1.165) is 36.6 Å². The molecule has 0 bridgehead atoms. The molecule has 1 aromatic carbocycles. The highest BCUT2D eigenvalue weighted by atomic mass is 19.4. The Morgan fingerprint density at radius 3 is 2.35 bits per heavy atom. The molecule has 1 aliphatic carbocycles. The number of hydrogen-bond acceptors (Lipinski definition) is 3. The number of anilines is 1. The summed E-state index contributed by atoms with van der Waals surface area (Å²) >= 11 is 0. The van der Waals surface area contributed by atoms with Crippen LogP contribution in [0.1, 0.15) is 50.7 Å². The van der Waals surface area contributed by atoms with Gasteiger partial charge in [0.1, 0.15) is 5.54 Å². The largest absolute Gasteiger partial charge is 0.417 e. The van der Waals surface area contributed by atoms with E-state index in [1.807, 2.05) is 0 Å². The van der Waals surface area contributed by atoms with Gasteiger partial charge in [0, 0.05) is 6.04 Å². The van der Waals surface area contributed by atoms with Gasteiger partial charge in [0.25, 0.3) is 5.91 Å². The molecule has 138 valence electrons. The molecule has 3 rings (SSSR count). The molecule has 0 unspecified atom stereocenters. The zero-order valence-corrected chi connectivity index (χ0v) is 14.4. The molecule has 26 heavy (non-hydrogen) atoms. The summed E-state index contributed by atoms with van der Waals surface area (Å²) in [5.41, 5.74) is -3.00. The van der Waals surface area contributed by atoms with Crippen LogP contribution in [-0.4, -0.2) is 28.4 Å². The quantitative estimate of drug-likeness (QED) is 0.742. The Morgan fingerprint density at radius 2 is 1.81 bits per heavy atom. The molecular formula is C18H18F3N3O2. The molecule has 1 heterocycles. The van der Waals surface area contributed by atoms with Crippen LogP contribution >= 0.6 is 0 Å². The zero-order chi connectivity index (χ0) is 19.3. The van der Waals surface area contributed by atoms with Gasteiger partial charge in [0.05, 0.1) is 22.9 Å². The van der Waals surface area contributed by atoms with E-state index in [9.17, 15) is 22.8 Å². The number of rotatable bonds is 2. The van der Waals surface area contributed by atoms with Gasteiger partial charge in [-0.05, 0) is 44.9 Å². The Morgan fingerprint density at radius 1 is 1.19 bits per heavy atom. The van der Waals surface area contributed by atoms with Gasteiger partial charge in [-0.2, -0.15) is 18.4 Å². The van der Waals surface area contributed by atoms with E-state index in [0.29, 0.717) is 6.07 Å². The number of amides is 3. The number of nitrogens with zero attached hydrogens (tertiary/aromatic N) is 3. The molecule has 3 amide bonds. The fourth-order valence-electron chi connectivity index (χ4n) is 3.82. The standard InChI is InChI=1S/C18H18F3N3O2/c1-17(2)15(25)23(16(26)24(17)12-5-3-4-6-12)13-8-7-11(10-22)14(9-13)18(19,20)21/h7-9,12H,3-6H2,1-2H3. The van der Waals surface area contributed by atoms with Gasteiger partial charge in [-0.3, -0.25) is 4.79 Å². The van der Waals surface area contributed by atoms with E-state index in [-0.39, 0.29) is 11.7 Å². The Hall–Kier alpha value is -2.56. The van der Waals surface area contributed by atoms with Crippen molar-refractivity contribution < 1.29 is 22.8 Å². The number of carbonyl (C=O) groups is 2. The average Bonchev–Trinajstić information content (AvgIpc) is 3.12. The monoisotopic (exact) mass is 365 g/mol. The van der Waals surface area contributed by atoms with E-state index in [2.05, 4.69) is 0 Å². The molecule has 0 atom stereocenters. The second kappa shape index (κ2) is 6.01. The highest BCUT2D eigenvalue weighted by molar-refractivity contribution is 6.23. The van der Waals surface area contributed by atoms with Gasteiger partial charge >= 0.3 is 12.2 Å². The second-order valence-electron chi connectivity index (χ2n) is 7.13. The van der Waals surface area contributed by atoms with Crippen molar-refractivity contribution in [1.82, 2.24) is 4.90 Å². The minimum atomic E-state index is -4.76. The summed E-state index contributed by atoms with van der Waals surface area (Å²) in [7, 11) is 0. The Balaban J connectivity index is 2.06. The van der Waals surface area contributed by atoms with Crippen LogP contribution in [0.4, 0.5) is 23.7 Å². The average molecular weight is 365 g/mol. The van der Waals surface area contributed by atoms with Crippen LogP contribution in [0, 0.1) is 11.3 Å². The van der Waals surface area contributed by atoms with Crippen molar-refractivity contribution >= 4 is 17.6 Å². The molecule has 8 heteroatoms. The molecular weight excluding hydrogens is 347 g/mol. The van der Waals surface area contributed by atoms with Crippen LogP contribution in [0.25, 0.3) is 0 Å². The predicted octanol–water partition coefficient (Wildman–Crippen LogP) is 4.07. The van der Waals surface area contributed by atoms with Crippen molar-refractivity contribution in [3.8, 4) is 6.07 Å². The summed E-state index contributed by atoms with van der Waals surface area (Å²) in [4.78, 5) is 28.1. The molecule has 1 aliphatic heterocycles.